The van der Waals surface area contributed by atoms with E-state index in [1.807, 2.05) is 0 Å². The lowest BCUT2D eigenvalue weighted by atomic mass is 10.1. The normalized spacial score (nSPS) is 11.5. The van der Waals surface area contributed by atoms with E-state index in [-0.39, 0.29) is 52.4 Å². The van der Waals surface area contributed by atoms with Crippen molar-refractivity contribution in [3.63, 3.8) is 0 Å². The number of sulfonamides is 1. The van der Waals surface area contributed by atoms with Gasteiger partial charge in [-0.1, -0.05) is 35.3 Å². The molecular weight excluding hydrogens is 603 g/mol. The molecule has 0 radical (unpaired) electrons. The van der Waals surface area contributed by atoms with Crippen molar-refractivity contribution in [1.29, 1.82) is 0 Å². The van der Waals surface area contributed by atoms with E-state index < -0.39 is 16.0 Å². The second-order valence-corrected chi connectivity index (χ2v) is 12.0. The molecule has 5 rings (SSSR count). The zero-order valence-corrected chi connectivity index (χ0v) is 24.5. The van der Waals surface area contributed by atoms with Gasteiger partial charge in [0.25, 0.3) is 15.9 Å². The van der Waals surface area contributed by atoms with Crippen molar-refractivity contribution in [1.82, 2.24) is 4.90 Å². The van der Waals surface area contributed by atoms with Crippen LogP contribution in [0.25, 0.3) is 11.0 Å². The summed E-state index contributed by atoms with van der Waals surface area (Å²) in [5.74, 6) is -1.42. The molecule has 0 atom stereocenters. The Bertz CT molecular complexity index is 1880. The van der Waals surface area contributed by atoms with Gasteiger partial charge in [-0.3, -0.25) is 9.10 Å². The van der Waals surface area contributed by atoms with Crippen LogP contribution in [0.15, 0.2) is 98.9 Å². The van der Waals surface area contributed by atoms with Gasteiger partial charge < -0.3 is 18.8 Å². The number of carbonyl (C=O) groups excluding carboxylic acids is 1. The molecule has 0 aliphatic rings. The number of amides is 1. The molecule has 0 saturated carbocycles. The maximum Gasteiger partial charge on any atom is 0.371 e. The minimum absolute atomic E-state index is 0.0220. The van der Waals surface area contributed by atoms with E-state index in [0.717, 1.165) is 0 Å². The molecule has 0 aliphatic carbocycles. The number of hydrogen-bond donors (Lipinski definition) is 1. The Labute approximate surface area is 251 Å². The Morgan fingerprint density at radius 3 is 2.40 bits per heavy atom. The lowest BCUT2D eigenvalue weighted by Gasteiger charge is -2.28. The van der Waals surface area contributed by atoms with Crippen molar-refractivity contribution < 1.29 is 31.9 Å². The SMILES string of the molecule is CCN(c1ccc(Cl)cc1CN(Cc1ccco1)C(=O)c1ccccc1Cl)S(=O)(=O)c1ccc2cc(C(=O)O)oc2c1. The topological polar surface area (TPSA) is 121 Å². The van der Waals surface area contributed by atoms with E-state index >= 15 is 0 Å². The molecule has 0 unspecified atom stereocenters. The average Bonchev–Trinajstić information content (AvgIpc) is 3.64. The third-order valence-corrected chi connectivity index (χ3v) is 9.02. The Kier molecular flexibility index (Phi) is 8.31. The summed E-state index contributed by atoms with van der Waals surface area (Å²) >= 11 is 12.7. The molecule has 9 nitrogen and oxygen atoms in total. The number of aromatic carboxylic acids is 1. The van der Waals surface area contributed by atoms with Crippen LogP contribution < -0.4 is 4.31 Å². The van der Waals surface area contributed by atoms with Crippen LogP contribution in [-0.2, 0) is 23.1 Å². The third-order valence-electron chi connectivity index (χ3n) is 6.57. The minimum Gasteiger partial charge on any atom is -0.475 e. The fourth-order valence-corrected chi connectivity index (χ4v) is 6.54. The summed E-state index contributed by atoms with van der Waals surface area (Å²) in [7, 11) is -4.17. The highest BCUT2D eigenvalue weighted by Gasteiger charge is 2.29. The summed E-state index contributed by atoms with van der Waals surface area (Å²) in [5, 5.41) is 10.3. The predicted octanol–water partition coefficient (Wildman–Crippen LogP) is 7.09. The fraction of sp³-hybridized carbons (Fsp3) is 0.133. The summed E-state index contributed by atoms with van der Waals surface area (Å²) in [4.78, 5) is 26.4. The quantitative estimate of drug-likeness (QED) is 0.176. The van der Waals surface area contributed by atoms with E-state index in [4.69, 9.17) is 32.0 Å². The lowest BCUT2D eigenvalue weighted by Crippen LogP contribution is -2.34. The van der Waals surface area contributed by atoms with Crippen molar-refractivity contribution in [3.05, 3.63) is 118 Å². The number of nitrogens with zero attached hydrogens (tertiary/aromatic N) is 2. The smallest absolute Gasteiger partial charge is 0.371 e. The Balaban J connectivity index is 1.55. The number of anilines is 1. The van der Waals surface area contributed by atoms with Gasteiger partial charge in [0.15, 0.2) is 0 Å². The molecule has 0 fully saturated rings. The molecule has 0 aliphatic heterocycles. The van der Waals surface area contributed by atoms with Crippen LogP contribution in [0.5, 0.6) is 0 Å². The van der Waals surface area contributed by atoms with Gasteiger partial charge in [0.05, 0.1) is 34.0 Å². The highest BCUT2D eigenvalue weighted by molar-refractivity contribution is 7.92. The summed E-state index contributed by atoms with van der Waals surface area (Å²) in [6.45, 7) is 1.79. The van der Waals surface area contributed by atoms with Gasteiger partial charge in [0.1, 0.15) is 11.3 Å². The Hall–Kier alpha value is -4.25. The van der Waals surface area contributed by atoms with Crippen LogP contribution in [0.4, 0.5) is 5.69 Å². The van der Waals surface area contributed by atoms with E-state index in [0.29, 0.717) is 27.4 Å². The first kappa shape index (κ1) is 29.2. The van der Waals surface area contributed by atoms with Crippen LogP contribution in [-0.4, -0.2) is 36.8 Å². The molecule has 3 aromatic carbocycles. The molecule has 216 valence electrons. The molecule has 1 N–H and O–H groups in total. The number of carboxylic acids is 1. The summed E-state index contributed by atoms with van der Waals surface area (Å²) in [5.41, 5.74) is 1.17. The van der Waals surface area contributed by atoms with Crippen molar-refractivity contribution >= 4 is 61.8 Å². The number of carboxylic acid groups (broad SMARTS) is 1. The van der Waals surface area contributed by atoms with E-state index in [1.165, 1.54) is 39.7 Å². The summed E-state index contributed by atoms with van der Waals surface area (Å²) in [6.07, 6.45) is 1.50. The molecule has 0 spiro atoms. The zero-order chi connectivity index (χ0) is 30.0. The first-order valence-electron chi connectivity index (χ1n) is 12.7. The number of halogens is 2. The average molecular weight is 628 g/mol. The van der Waals surface area contributed by atoms with E-state index in [2.05, 4.69) is 0 Å². The molecule has 1 amide bonds. The van der Waals surface area contributed by atoms with E-state index in [1.54, 1.807) is 61.5 Å². The standard InChI is InChI=1S/C30H24Cl2N2O7S/c1-2-34(42(38,39)23-11-9-19-15-28(30(36)37)41-27(19)16-23)26-12-10-21(31)14-20(26)17-33(18-22-6-5-13-40-22)29(35)24-7-3-4-8-25(24)32/h3-16H,2,17-18H2,1H3,(H,36,37). The molecule has 2 heterocycles. The lowest BCUT2D eigenvalue weighted by molar-refractivity contribution is 0.0664. The minimum atomic E-state index is -4.17. The van der Waals surface area contributed by atoms with Gasteiger partial charge in [0, 0.05) is 29.6 Å². The van der Waals surface area contributed by atoms with Gasteiger partial charge >= 0.3 is 5.97 Å². The fourth-order valence-electron chi connectivity index (χ4n) is 4.60. The Morgan fingerprint density at radius 1 is 0.929 bits per heavy atom. The van der Waals surface area contributed by atoms with E-state index in [9.17, 15) is 23.1 Å². The predicted molar refractivity (Wildman–Crippen MR) is 159 cm³/mol. The first-order valence-corrected chi connectivity index (χ1v) is 14.9. The highest BCUT2D eigenvalue weighted by atomic mass is 35.5. The number of carbonyl (C=O) groups is 2. The zero-order valence-electron chi connectivity index (χ0n) is 22.2. The number of rotatable bonds is 10. The molecule has 5 aromatic rings. The van der Waals surface area contributed by atoms with Crippen LogP contribution in [0.2, 0.25) is 10.0 Å². The van der Waals surface area contributed by atoms with Crippen LogP contribution in [0, 0.1) is 0 Å². The summed E-state index contributed by atoms with van der Waals surface area (Å²) < 4.78 is 39.9. The van der Waals surface area contributed by atoms with Crippen LogP contribution >= 0.6 is 23.2 Å². The van der Waals surface area contributed by atoms with Crippen LogP contribution in [0.3, 0.4) is 0 Å². The third kappa shape index (κ3) is 5.87. The monoisotopic (exact) mass is 626 g/mol. The second kappa shape index (κ2) is 11.9. The maximum absolute atomic E-state index is 13.9. The molecule has 42 heavy (non-hydrogen) atoms. The number of fused-ring (bicyclic) bond motifs is 1. The number of benzene rings is 3. The van der Waals surface area contributed by atoms with Crippen molar-refractivity contribution in [2.24, 2.45) is 0 Å². The molecule has 0 bridgehead atoms. The van der Waals surface area contributed by atoms with Gasteiger partial charge in [-0.15, -0.1) is 0 Å². The van der Waals surface area contributed by atoms with Gasteiger partial charge in [0.2, 0.25) is 5.76 Å². The van der Waals surface area contributed by atoms with Crippen molar-refractivity contribution in [2.75, 3.05) is 10.8 Å². The highest BCUT2D eigenvalue weighted by Crippen LogP contribution is 2.33. The molecule has 0 saturated heterocycles. The molecular formula is C30H24Cl2N2O7S. The van der Waals surface area contributed by atoms with Gasteiger partial charge in [-0.2, -0.15) is 0 Å². The largest absolute Gasteiger partial charge is 0.475 e. The number of furan rings is 2. The molecule has 2 aromatic heterocycles. The second-order valence-electron chi connectivity index (χ2n) is 9.28. The van der Waals surface area contributed by atoms with Crippen molar-refractivity contribution in [2.45, 2.75) is 24.9 Å². The Morgan fingerprint density at radius 2 is 1.71 bits per heavy atom. The number of hydrogen-bond acceptors (Lipinski definition) is 6. The van der Waals surface area contributed by atoms with Crippen LogP contribution in [0.1, 0.15) is 39.2 Å². The summed E-state index contributed by atoms with van der Waals surface area (Å²) in [6, 6.07) is 20.3. The first-order chi connectivity index (χ1) is 20.1. The van der Waals surface area contributed by atoms with Gasteiger partial charge in [-0.05, 0) is 73.2 Å². The van der Waals surface area contributed by atoms with Gasteiger partial charge in [-0.25, -0.2) is 13.2 Å². The molecule has 12 heteroatoms. The maximum atomic E-state index is 13.9. The van der Waals surface area contributed by atoms with Crippen molar-refractivity contribution in [3.8, 4) is 0 Å².